The summed E-state index contributed by atoms with van der Waals surface area (Å²) < 4.78 is 27.3. The van der Waals surface area contributed by atoms with Crippen LogP contribution in [0.1, 0.15) is 36.8 Å². The van der Waals surface area contributed by atoms with Crippen LogP contribution in [0.3, 0.4) is 0 Å². The standard InChI is InChI=1S/C13H14F2O2/c1-8-6-11(15)9(7-10(8)14)13(12(16)17)4-2-3-5-13/h6-7H,2-5H2,1H3,(H,16,17). The molecule has 0 bridgehead atoms. The van der Waals surface area contributed by atoms with Crippen LogP contribution in [0.2, 0.25) is 0 Å². The maximum Gasteiger partial charge on any atom is 0.314 e. The monoisotopic (exact) mass is 240 g/mol. The second kappa shape index (κ2) is 4.09. The molecule has 0 spiro atoms. The molecular weight excluding hydrogens is 226 g/mol. The van der Waals surface area contributed by atoms with Crippen LogP contribution < -0.4 is 0 Å². The van der Waals surface area contributed by atoms with Crippen LogP contribution in [0.15, 0.2) is 12.1 Å². The highest BCUT2D eigenvalue weighted by Gasteiger charge is 2.44. The van der Waals surface area contributed by atoms with Crippen LogP contribution >= 0.6 is 0 Å². The van der Waals surface area contributed by atoms with E-state index in [1.165, 1.54) is 6.92 Å². The van der Waals surface area contributed by atoms with E-state index in [4.69, 9.17) is 0 Å². The Morgan fingerprint density at radius 1 is 1.24 bits per heavy atom. The number of aryl methyl sites for hydroxylation is 1. The molecule has 0 heterocycles. The van der Waals surface area contributed by atoms with Crippen LogP contribution in [0.5, 0.6) is 0 Å². The third-order valence-electron chi connectivity index (χ3n) is 3.63. The molecule has 1 aromatic carbocycles. The van der Waals surface area contributed by atoms with Gasteiger partial charge in [-0.05, 0) is 37.5 Å². The van der Waals surface area contributed by atoms with Crippen molar-refractivity contribution in [1.29, 1.82) is 0 Å². The van der Waals surface area contributed by atoms with Gasteiger partial charge in [0.15, 0.2) is 0 Å². The summed E-state index contributed by atoms with van der Waals surface area (Å²) in [5.74, 6) is -2.22. The molecule has 0 atom stereocenters. The molecule has 4 heteroatoms. The number of benzene rings is 1. The Bertz CT molecular complexity index is 463. The molecular formula is C13H14F2O2. The average Bonchev–Trinajstić information content (AvgIpc) is 2.73. The summed E-state index contributed by atoms with van der Waals surface area (Å²) in [6.45, 7) is 1.46. The maximum atomic E-state index is 13.9. The molecule has 1 aromatic rings. The molecule has 0 aliphatic heterocycles. The van der Waals surface area contributed by atoms with E-state index in [1.807, 2.05) is 0 Å². The van der Waals surface area contributed by atoms with E-state index >= 15 is 0 Å². The molecule has 2 rings (SSSR count). The third-order valence-corrected chi connectivity index (χ3v) is 3.63. The highest BCUT2D eigenvalue weighted by Crippen LogP contribution is 2.42. The number of hydrogen-bond donors (Lipinski definition) is 1. The Labute approximate surface area is 98.3 Å². The van der Waals surface area contributed by atoms with Crippen LogP contribution in [-0.2, 0) is 10.2 Å². The lowest BCUT2D eigenvalue weighted by atomic mass is 9.78. The number of aliphatic carboxylic acids is 1. The number of carboxylic acids is 1. The van der Waals surface area contributed by atoms with E-state index in [0.29, 0.717) is 12.8 Å². The van der Waals surface area contributed by atoms with Gasteiger partial charge in [0.1, 0.15) is 11.6 Å². The lowest BCUT2D eigenvalue weighted by Gasteiger charge is -2.25. The zero-order valence-electron chi connectivity index (χ0n) is 9.59. The molecule has 1 saturated carbocycles. The van der Waals surface area contributed by atoms with Gasteiger partial charge in [-0.3, -0.25) is 4.79 Å². The van der Waals surface area contributed by atoms with Gasteiger partial charge in [-0.2, -0.15) is 0 Å². The van der Waals surface area contributed by atoms with Crippen LogP contribution in [-0.4, -0.2) is 11.1 Å². The van der Waals surface area contributed by atoms with Crippen molar-refractivity contribution >= 4 is 5.97 Å². The van der Waals surface area contributed by atoms with E-state index in [0.717, 1.165) is 25.0 Å². The molecule has 1 aliphatic rings. The van der Waals surface area contributed by atoms with Crippen LogP contribution in [0.4, 0.5) is 8.78 Å². The van der Waals surface area contributed by atoms with Crippen LogP contribution in [0, 0.1) is 18.6 Å². The second-order valence-electron chi connectivity index (χ2n) is 4.68. The van der Waals surface area contributed by atoms with Crippen molar-refractivity contribution in [2.45, 2.75) is 38.0 Å². The van der Waals surface area contributed by atoms with Crippen molar-refractivity contribution in [3.05, 3.63) is 34.9 Å². The first kappa shape index (κ1) is 12.0. The SMILES string of the molecule is Cc1cc(F)c(C2(C(=O)O)CCCC2)cc1F. The van der Waals surface area contributed by atoms with Gasteiger partial charge < -0.3 is 5.11 Å². The highest BCUT2D eigenvalue weighted by molar-refractivity contribution is 5.82. The Morgan fingerprint density at radius 3 is 2.35 bits per heavy atom. The molecule has 1 aliphatic carbocycles. The molecule has 0 amide bonds. The van der Waals surface area contributed by atoms with Gasteiger partial charge in [0, 0.05) is 5.56 Å². The lowest BCUT2D eigenvalue weighted by molar-refractivity contribution is -0.143. The summed E-state index contributed by atoms with van der Waals surface area (Å²) in [7, 11) is 0. The normalized spacial score (nSPS) is 18.3. The lowest BCUT2D eigenvalue weighted by Crippen LogP contribution is -2.33. The minimum Gasteiger partial charge on any atom is -0.481 e. The zero-order valence-corrected chi connectivity index (χ0v) is 9.59. The Hall–Kier alpha value is -1.45. The Morgan fingerprint density at radius 2 is 1.82 bits per heavy atom. The first-order valence-corrected chi connectivity index (χ1v) is 5.67. The first-order valence-electron chi connectivity index (χ1n) is 5.67. The molecule has 1 fully saturated rings. The number of carbonyl (C=O) groups is 1. The third kappa shape index (κ3) is 1.81. The number of halogens is 2. The first-order chi connectivity index (χ1) is 7.97. The zero-order chi connectivity index (χ0) is 12.6. The predicted octanol–water partition coefficient (Wildman–Crippen LogP) is 3.17. The fourth-order valence-corrected chi connectivity index (χ4v) is 2.59. The van der Waals surface area contributed by atoms with Gasteiger partial charge in [-0.25, -0.2) is 8.78 Å². The van der Waals surface area contributed by atoms with E-state index in [1.54, 1.807) is 0 Å². The molecule has 92 valence electrons. The molecule has 0 saturated heterocycles. The van der Waals surface area contributed by atoms with Gasteiger partial charge in [0.25, 0.3) is 0 Å². The molecule has 0 aromatic heterocycles. The fraction of sp³-hybridized carbons (Fsp3) is 0.462. The van der Waals surface area contributed by atoms with Gasteiger partial charge in [-0.15, -0.1) is 0 Å². The van der Waals surface area contributed by atoms with Gasteiger partial charge in [0.2, 0.25) is 0 Å². The van der Waals surface area contributed by atoms with Crippen molar-refractivity contribution in [1.82, 2.24) is 0 Å². The summed E-state index contributed by atoms with van der Waals surface area (Å²) >= 11 is 0. The van der Waals surface area contributed by atoms with Crippen molar-refractivity contribution in [3.8, 4) is 0 Å². The fourth-order valence-electron chi connectivity index (χ4n) is 2.59. The Kier molecular flexibility index (Phi) is 2.89. The van der Waals surface area contributed by atoms with E-state index in [9.17, 15) is 18.7 Å². The van der Waals surface area contributed by atoms with Gasteiger partial charge >= 0.3 is 5.97 Å². The summed E-state index contributed by atoms with van der Waals surface area (Å²) in [5, 5.41) is 9.31. The minimum absolute atomic E-state index is 0.00870. The van der Waals surface area contributed by atoms with Gasteiger partial charge in [0.05, 0.1) is 5.41 Å². The van der Waals surface area contributed by atoms with Crippen molar-refractivity contribution in [2.75, 3.05) is 0 Å². The van der Waals surface area contributed by atoms with Crippen LogP contribution in [0.25, 0.3) is 0 Å². The number of hydrogen-bond acceptors (Lipinski definition) is 1. The average molecular weight is 240 g/mol. The van der Waals surface area contributed by atoms with E-state index in [2.05, 4.69) is 0 Å². The summed E-state index contributed by atoms with van der Waals surface area (Å²) in [6, 6.07) is 2.12. The summed E-state index contributed by atoms with van der Waals surface area (Å²) in [4.78, 5) is 11.4. The van der Waals surface area contributed by atoms with E-state index in [-0.39, 0.29) is 11.1 Å². The molecule has 2 nitrogen and oxygen atoms in total. The van der Waals surface area contributed by atoms with Crippen molar-refractivity contribution < 1.29 is 18.7 Å². The quantitative estimate of drug-likeness (QED) is 0.862. The topological polar surface area (TPSA) is 37.3 Å². The molecule has 17 heavy (non-hydrogen) atoms. The Balaban J connectivity index is 2.58. The van der Waals surface area contributed by atoms with E-state index < -0.39 is 23.0 Å². The number of carboxylic acid groups (broad SMARTS) is 1. The van der Waals surface area contributed by atoms with Crippen molar-refractivity contribution in [2.24, 2.45) is 0 Å². The summed E-state index contributed by atoms with van der Waals surface area (Å²) in [6.07, 6.45) is 2.23. The second-order valence-corrected chi connectivity index (χ2v) is 4.68. The molecule has 0 radical (unpaired) electrons. The predicted molar refractivity (Wildman–Crippen MR) is 58.9 cm³/mol. The largest absolute Gasteiger partial charge is 0.481 e. The van der Waals surface area contributed by atoms with Gasteiger partial charge in [-0.1, -0.05) is 12.8 Å². The molecule has 0 unspecified atom stereocenters. The maximum absolute atomic E-state index is 13.9. The smallest absolute Gasteiger partial charge is 0.314 e. The summed E-state index contributed by atoms with van der Waals surface area (Å²) in [5.41, 5.74) is -1.05. The molecule has 1 N–H and O–H groups in total. The minimum atomic E-state index is -1.24. The van der Waals surface area contributed by atoms with Crippen molar-refractivity contribution in [3.63, 3.8) is 0 Å². The highest BCUT2D eigenvalue weighted by atomic mass is 19.1. The number of rotatable bonds is 2.